The minimum atomic E-state index is -0.312. The van der Waals surface area contributed by atoms with Gasteiger partial charge in [0, 0.05) is 6.04 Å². The second kappa shape index (κ2) is 6.12. The average molecular weight is 297 g/mol. The molecular formula is C17H16FN3O. The van der Waals surface area contributed by atoms with E-state index in [0.29, 0.717) is 0 Å². The molecule has 0 bridgehead atoms. The van der Waals surface area contributed by atoms with Gasteiger partial charge in [-0.25, -0.2) is 4.39 Å². The smallest absolute Gasteiger partial charge is 0.269 e. The molecule has 112 valence electrons. The van der Waals surface area contributed by atoms with E-state index in [2.05, 4.69) is 5.32 Å². The predicted octanol–water partition coefficient (Wildman–Crippen LogP) is 2.45. The summed E-state index contributed by atoms with van der Waals surface area (Å²) in [4.78, 5) is 12.6. The first-order chi connectivity index (χ1) is 10.7. The lowest BCUT2D eigenvalue weighted by Gasteiger charge is -2.27. The lowest BCUT2D eigenvalue weighted by Crippen LogP contribution is -2.35. The third-order valence-electron chi connectivity index (χ3n) is 4.05. The lowest BCUT2D eigenvalue weighted by molar-refractivity contribution is 0.363. The largest absolute Gasteiger partial charge is 0.317 e. The summed E-state index contributed by atoms with van der Waals surface area (Å²) >= 11 is 0. The van der Waals surface area contributed by atoms with E-state index in [-0.39, 0.29) is 23.0 Å². The van der Waals surface area contributed by atoms with E-state index < -0.39 is 0 Å². The highest BCUT2D eigenvalue weighted by Gasteiger charge is 2.21. The van der Waals surface area contributed by atoms with E-state index in [1.807, 2.05) is 6.07 Å². The Hall–Kier alpha value is -2.45. The molecule has 1 fully saturated rings. The van der Waals surface area contributed by atoms with Crippen LogP contribution in [-0.2, 0) is 0 Å². The fourth-order valence-electron chi connectivity index (χ4n) is 2.92. The summed E-state index contributed by atoms with van der Waals surface area (Å²) < 4.78 is 14.8. The van der Waals surface area contributed by atoms with Crippen LogP contribution in [0.25, 0.3) is 11.3 Å². The molecule has 0 unspecified atom stereocenters. The maximum Gasteiger partial charge on any atom is 0.269 e. The molecule has 0 aliphatic carbocycles. The first-order valence-corrected chi connectivity index (χ1v) is 7.33. The van der Waals surface area contributed by atoms with E-state index in [9.17, 15) is 9.18 Å². The van der Waals surface area contributed by atoms with Crippen molar-refractivity contribution in [1.82, 2.24) is 9.88 Å². The van der Waals surface area contributed by atoms with Gasteiger partial charge in [-0.15, -0.1) is 0 Å². The molecule has 1 aromatic carbocycles. The molecule has 0 amide bonds. The van der Waals surface area contributed by atoms with Crippen LogP contribution in [0.15, 0.2) is 41.2 Å². The zero-order chi connectivity index (χ0) is 15.5. The van der Waals surface area contributed by atoms with Crippen LogP contribution in [0.1, 0.15) is 24.4 Å². The van der Waals surface area contributed by atoms with Gasteiger partial charge in [0.05, 0.1) is 5.69 Å². The van der Waals surface area contributed by atoms with Crippen molar-refractivity contribution in [2.75, 3.05) is 13.1 Å². The van der Waals surface area contributed by atoms with E-state index in [4.69, 9.17) is 5.26 Å². The second-order valence-corrected chi connectivity index (χ2v) is 5.41. The van der Waals surface area contributed by atoms with E-state index >= 15 is 0 Å². The van der Waals surface area contributed by atoms with Crippen molar-refractivity contribution in [3.63, 3.8) is 0 Å². The second-order valence-electron chi connectivity index (χ2n) is 5.41. The van der Waals surface area contributed by atoms with Gasteiger partial charge in [-0.2, -0.15) is 5.26 Å². The van der Waals surface area contributed by atoms with E-state index in [1.54, 1.807) is 28.8 Å². The Bertz CT molecular complexity index is 768. The zero-order valence-electron chi connectivity index (χ0n) is 12.1. The van der Waals surface area contributed by atoms with Crippen LogP contribution in [0.2, 0.25) is 0 Å². The zero-order valence-corrected chi connectivity index (χ0v) is 12.1. The van der Waals surface area contributed by atoms with Gasteiger partial charge in [-0.05, 0) is 67.9 Å². The highest BCUT2D eigenvalue weighted by molar-refractivity contribution is 5.60. The highest BCUT2D eigenvalue weighted by atomic mass is 19.1. The molecule has 22 heavy (non-hydrogen) atoms. The van der Waals surface area contributed by atoms with Crippen LogP contribution < -0.4 is 10.9 Å². The van der Waals surface area contributed by atoms with Crippen LogP contribution in [0.3, 0.4) is 0 Å². The number of nitriles is 1. The molecule has 0 atom stereocenters. The molecule has 1 saturated heterocycles. The number of pyridine rings is 1. The molecule has 1 aromatic heterocycles. The Kier molecular flexibility index (Phi) is 4.03. The number of nitrogens with one attached hydrogen (secondary N) is 1. The Labute approximate surface area is 127 Å². The maximum absolute atomic E-state index is 13.1. The first-order valence-electron chi connectivity index (χ1n) is 7.33. The van der Waals surface area contributed by atoms with Crippen molar-refractivity contribution < 1.29 is 4.39 Å². The minimum absolute atomic E-state index is 0.0575. The van der Waals surface area contributed by atoms with Crippen molar-refractivity contribution in [3.05, 3.63) is 58.1 Å². The van der Waals surface area contributed by atoms with Crippen molar-refractivity contribution in [2.24, 2.45) is 0 Å². The van der Waals surface area contributed by atoms with Gasteiger partial charge in [0.2, 0.25) is 0 Å². The molecule has 0 radical (unpaired) electrons. The van der Waals surface area contributed by atoms with Gasteiger partial charge in [0.25, 0.3) is 5.56 Å². The molecule has 2 heterocycles. The molecule has 3 rings (SSSR count). The van der Waals surface area contributed by atoms with Gasteiger partial charge in [-0.1, -0.05) is 0 Å². The number of benzene rings is 1. The summed E-state index contributed by atoms with van der Waals surface area (Å²) in [6, 6.07) is 11.4. The number of nitrogens with zero attached hydrogens (tertiary/aromatic N) is 2. The van der Waals surface area contributed by atoms with Crippen LogP contribution in [0, 0.1) is 17.1 Å². The van der Waals surface area contributed by atoms with Gasteiger partial charge in [-0.3, -0.25) is 4.79 Å². The van der Waals surface area contributed by atoms with Crippen molar-refractivity contribution >= 4 is 0 Å². The molecule has 1 aliphatic rings. The number of hydrogen-bond donors (Lipinski definition) is 1. The lowest BCUT2D eigenvalue weighted by atomic mass is 10.0. The third-order valence-corrected chi connectivity index (χ3v) is 4.05. The van der Waals surface area contributed by atoms with Crippen LogP contribution in [0.5, 0.6) is 0 Å². The third kappa shape index (κ3) is 2.66. The first kappa shape index (κ1) is 14.5. The monoisotopic (exact) mass is 297 g/mol. The summed E-state index contributed by atoms with van der Waals surface area (Å²) in [5.41, 5.74) is 1.39. The molecule has 1 aliphatic heterocycles. The normalized spacial score (nSPS) is 15.5. The number of piperidine rings is 1. The minimum Gasteiger partial charge on any atom is -0.317 e. The molecule has 0 spiro atoms. The summed E-state index contributed by atoms with van der Waals surface area (Å²) in [5.74, 6) is -0.312. The Balaban J connectivity index is 2.17. The fraction of sp³-hybridized carbons (Fsp3) is 0.294. The van der Waals surface area contributed by atoms with Crippen molar-refractivity contribution in [2.45, 2.75) is 18.9 Å². The Morgan fingerprint density at radius 1 is 1.14 bits per heavy atom. The fourth-order valence-corrected chi connectivity index (χ4v) is 2.92. The SMILES string of the molecule is N#Cc1ccc(-c2ccc(F)cc2)n(C2CCNCC2)c1=O. The van der Waals surface area contributed by atoms with Gasteiger partial charge < -0.3 is 9.88 Å². The number of aromatic nitrogens is 1. The highest BCUT2D eigenvalue weighted by Crippen LogP contribution is 2.26. The van der Waals surface area contributed by atoms with Gasteiger partial charge >= 0.3 is 0 Å². The Morgan fingerprint density at radius 3 is 2.45 bits per heavy atom. The number of rotatable bonds is 2. The number of hydrogen-bond acceptors (Lipinski definition) is 3. The van der Waals surface area contributed by atoms with E-state index in [0.717, 1.165) is 37.2 Å². The standard InChI is InChI=1S/C17H16FN3O/c18-14-4-1-12(2-5-14)16-6-3-13(11-19)17(22)21(16)15-7-9-20-10-8-15/h1-6,15,20H,7-10H2. The maximum atomic E-state index is 13.1. The van der Waals surface area contributed by atoms with Crippen molar-refractivity contribution in [3.8, 4) is 17.3 Å². The van der Waals surface area contributed by atoms with Gasteiger partial charge in [0.15, 0.2) is 0 Å². The van der Waals surface area contributed by atoms with Crippen LogP contribution in [0.4, 0.5) is 4.39 Å². The van der Waals surface area contributed by atoms with Crippen molar-refractivity contribution in [1.29, 1.82) is 5.26 Å². The molecule has 5 heteroatoms. The number of halogens is 1. The van der Waals surface area contributed by atoms with Crippen LogP contribution in [-0.4, -0.2) is 17.7 Å². The molecule has 1 N–H and O–H groups in total. The molecule has 4 nitrogen and oxygen atoms in total. The molecule has 2 aromatic rings. The van der Waals surface area contributed by atoms with E-state index in [1.165, 1.54) is 12.1 Å². The predicted molar refractivity (Wildman–Crippen MR) is 82.0 cm³/mol. The topological polar surface area (TPSA) is 57.8 Å². The average Bonchev–Trinajstić information content (AvgIpc) is 2.56. The summed E-state index contributed by atoms with van der Waals surface area (Å²) in [6.45, 7) is 1.69. The quantitative estimate of drug-likeness (QED) is 0.926. The summed E-state index contributed by atoms with van der Waals surface area (Å²) in [5, 5.41) is 12.4. The molecular weight excluding hydrogens is 281 g/mol. The van der Waals surface area contributed by atoms with Crippen LogP contribution >= 0.6 is 0 Å². The summed E-state index contributed by atoms with van der Waals surface area (Å²) in [6.07, 6.45) is 1.67. The molecule has 0 saturated carbocycles. The van der Waals surface area contributed by atoms with Gasteiger partial charge in [0.1, 0.15) is 17.4 Å². The summed E-state index contributed by atoms with van der Waals surface area (Å²) in [7, 11) is 0. The Morgan fingerprint density at radius 2 is 1.82 bits per heavy atom.